The number of hydrogen-bond acceptors (Lipinski definition) is 3. The van der Waals surface area contributed by atoms with Crippen LogP contribution in [0.2, 0.25) is 0 Å². The third-order valence-corrected chi connectivity index (χ3v) is 3.18. The SMILES string of the molecule is CCOC(=O)COc1ccc(C(C)(C)CC)cc1. The molecular formula is C15H22O3. The molecule has 1 aromatic rings. The molecule has 3 heteroatoms. The van der Waals surface area contributed by atoms with Gasteiger partial charge in [0, 0.05) is 0 Å². The van der Waals surface area contributed by atoms with E-state index in [-0.39, 0.29) is 18.0 Å². The maximum atomic E-state index is 11.1. The summed E-state index contributed by atoms with van der Waals surface area (Å²) in [5.74, 6) is 0.356. The Kier molecular flexibility index (Phi) is 5.20. The molecule has 3 nitrogen and oxygen atoms in total. The molecule has 0 spiro atoms. The fraction of sp³-hybridized carbons (Fsp3) is 0.533. The van der Waals surface area contributed by atoms with Gasteiger partial charge in [0.25, 0.3) is 0 Å². The minimum absolute atomic E-state index is 0.0373. The van der Waals surface area contributed by atoms with Gasteiger partial charge in [-0.3, -0.25) is 0 Å². The van der Waals surface area contributed by atoms with Crippen LogP contribution in [0, 0.1) is 0 Å². The van der Waals surface area contributed by atoms with Gasteiger partial charge in [-0.25, -0.2) is 4.79 Å². The molecule has 0 unspecified atom stereocenters. The quantitative estimate of drug-likeness (QED) is 0.727. The van der Waals surface area contributed by atoms with E-state index in [4.69, 9.17) is 9.47 Å². The Morgan fingerprint density at radius 1 is 1.17 bits per heavy atom. The lowest BCUT2D eigenvalue weighted by molar-refractivity contribution is -0.145. The van der Waals surface area contributed by atoms with E-state index < -0.39 is 0 Å². The largest absolute Gasteiger partial charge is 0.482 e. The van der Waals surface area contributed by atoms with Crippen LogP contribution in [0.4, 0.5) is 0 Å². The fourth-order valence-corrected chi connectivity index (χ4v) is 1.55. The van der Waals surface area contributed by atoms with Crippen molar-refractivity contribution in [3.8, 4) is 5.75 Å². The number of hydrogen-bond donors (Lipinski definition) is 0. The topological polar surface area (TPSA) is 35.5 Å². The number of esters is 1. The average Bonchev–Trinajstić information content (AvgIpc) is 2.37. The van der Waals surface area contributed by atoms with Gasteiger partial charge >= 0.3 is 5.97 Å². The second kappa shape index (κ2) is 6.43. The second-order valence-electron chi connectivity index (χ2n) is 4.86. The number of rotatable bonds is 6. The van der Waals surface area contributed by atoms with Crippen LogP contribution in [0.1, 0.15) is 39.7 Å². The van der Waals surface area contributed by atoms with Crippen LogP contribution in [0.5, 0.6) is 5.75 Å². The number of carbonyl (C=O) groups excluding carboxylic acids is 1. The van der Waals surface area contributed by atoms with Crippen molar-refractivity contribution in [3.05, 3.63) is 29.8 Å². The summed E-state index contributed by atoms with van der Waals surface area (Å²) in [7, 11) is 0. The van der Waals surface area contributed by atoms with Crippen LogP contribution in [-0.4, -0.2) is 19.2 Å². The van der Waals surface area contributed by atoms with E-state index in [1.807, 2.05) is 24.3 Å². The van der Waals surface area contributed by atoms with E-state index in [0.717, 1.165) is 6.42 Å². The molecule has 1 rings (SSSR count). The van der Waals surface area contributed by atoms with Crippen LogP contribution < -0.4 is 4.74 Å². The standard InChI is InChI=1S/C15H22O3/c1-5-15(3,4)12-7-9-13(10-8-12)18-11-14(16)17-6-2/h7-10H,5-6,11H2,1-4H3. The smallest absolute Gasteiger partial charge is 0.344 e. The Morgan fingerprint density at radius 3 is 2.28 bits per heavy atom. The van der Waals surface area contributed by atoms with Gasteiger partial charge in [-0.05, 0) is 36.5 Å². The van der Waals surface area contributed by atoms with E-state index in [0.29, 0.717) is 12.4 Å². The molecule has 18 heavy (non-hydrogen) atoms. The monoisotopic (exact) mass is 250 g/mol. The van der Waals surface area contributed by atoms with Gasteiger partial charge in [0.2, 0.25) is 0 Å². The highest BCUT2D eigenvalue weighted by Gasteiger charge is 2.17. The van der Waals surface area contributed by atoms with Gasteiger partial charge in [0.15, 0.2) is 6.61 Å². The molecule has 0 fully saturated rings. The Hall–Kier alpha value is -1.51. The Balaban J connectivity index is 2.58. The summed E-state index contributed by atoms with van der Waals surface area (Å²) in [6.07, 6.45) is 1.08. The highest BCUT2D eigenvalue weighted by molar-refractivity contribution is 5.71. The van der Waals surface area contributed by atoms with Crippen molar-refractivity contribution in [2.45, 2.75) is 39.5 Å². The molecule has 0 bridgehead atoms. The van der Waals surface area contributed by atoms with Crippen LogP contribution >= 0.6 is 0 Å². The minimum Gasteiger partial charge on any atom is -0.482 e. The molecule has 0 heterocycles. The zero-order chi connectivity index (χ0) is 13.6. The first-order chi connectivity index (χ1) is 8.49. The normalized spacial score (nSPS) is 11.1. The summed E-state index contributed by atoms with van der Waals surface area (Å²) in [6, 6.07) is 7.88. The van der Waals surface area contributed by atoms with Gasteiger partial charge in [-0.2, -0.15) is 0 Å². The Labute approximate surface area is 109 Å². The lowest BCUT2D eigenvalue weighted by Gasteiger charge is -2.23. The maximum absolute atomic E-state index is 11.1. The van der Waals surface area contributed by atoms with Gasteiger partial charge in [-0.1, -0.05) is 32.9 Å². The number of ether oxygens (including phenoxy) is 2. The van der Waals surface area contributed by atoms with E-state index >= 15 is 0 Å². The summed E-state index contributed by atoms with van der Waals surface area (Å²) >= 11 is 0. The van der Waals surface area contributed by atoms with Crippen LogP contribution in [-0.2, 0) is 14.9 Å². The highest BCUT2D eigenvalue weighted by atomic mass is 16.6. The van der Waals surface area contributed by atoms with E-state index in [2.05, 4.69) is 20.8 Å². The summed E-state index contributed by atoms with van der Waals surface area (Å²) in [6.45, 7) is 8.71. The highest BCUT2D eigenvalue weighted by Crippen LogP contribution is 2.27. The van der Waals surface area contributed by atoms with Crippen molar-refractivity contribution in [1.29, 1.82) is 0 Å². The zero-order valence-electron chi connectivity index (χ0n) is 11.7. The molecule has 0 aliphatic carbocycles. The van der Waals surface area contributed by atoms with Gasteiger partial charge < -0.3 is 9.47 Å². The molecule has 0 saturated carbocycles. The summed E-state index contributed by atoms with van der Waals surface area (Å²) in [5.41, 5.74) is 1.44. The van der Waals surface area contributed by atoms with Crippen molar-refractivity contribution < 1.29 is 14.3 Å². The van der Waals surface area contributed by atoms with Crippen molar-refractivity contribution in [1.82, 2.24) is 0 Å². The van der Waals surface area contributed by atoms with Crippen molar-refractivity contribution in [2.24, 2.45) is 0 Å². The van der Waals surface area contributed by atoms with Crippen molar-refractivity contribution in [2.75, 3.05) is 13.2 Å². The second-order valence-corrected chi connectivity index (χ2v) is 4.86. The molecule has 0 aromatic heterocycles. The zero-order valence-corrected chi connectivity index (χ0v) is 11.7. The molecule has 0 aliphatic heterocycles. The van der Waals surface area contributed by atoms with Crippen LogP contribution in [0.25, 0.3) is 0 Å². The number of benzene rings is 1. The molecule has 0 amide bonds. The molecular weight excluding hydrogens is 228 g/mol. The third kappa shape index (κ3) is 4.06. The lowest BCUT2D eigenvalue weighted by atomic mass is 9.82. The predicted molar refractivity (Wildman–Crippen MR) is 71.9 cm³/mol. The number of carbonyl (C=O) groups is 1. The summed E-state index contributed by atoms with van der Waals surface area (Å²) in [5, 5.41) is 0. The molecule has 1 aromatic carbocycles. The molecule has 0 aliphatic rings. The first-order valence-corrected chi connectivity index (χ1v) is 6.38. The first kappa shape index (κ1) is 14.6. The first-order valence-electron chi connectivity index (χ1n) is 6.38. The van der Waals surface area contributed by atoms with Gasteiger partial charge in [-0.15, -0.1) is 0 Å². The lowest BCUT2D eigenvalue weighted by Crippen LogP contribution is -2.16. The Bertz CT molecular complexity index is 379. The molecule has 0 atom stereocenters. The maximum Gasteiger partial charge on any atom is 0.344 e. The van der Waals surface area contributed by atoms with E-state index in [9.17, 15) is 4.79 Å². The van der Waals surface area contributed by atoms with E-state index in [1.54, 1.807) is 6.92 Å². The van der Waals surface area contributed by atoms with Crippen molar-refractivity contribution >= 4 is 5.97 Å². The summed E-state index contributed by atoms with van der Waals surface area (Å²) < 4.78 is 10.1. The minimum atomic E-state index is -0.338. The summed E-state index contributed by atoms with van der Waals surface area (Å²) in [4.78, 5) is 11.1. The molecule has 0 N–H and O–H groups in total. The fourth-order valence-electron chi connectivity index (χ4n) is 1.55. The molecule has 100 valence electrons. The average molecular weight is 250 g/mol. The van der Waals surface area contributed by atoms with Gasteiger partial charge in [0.1, 0.15) is 5.75 Å². The molecule has 0 radical (unpaired) electrons. The predicted octanol–water partition coefficient (Wildman–Crippen LogP) is 3.32. The van der Waals surface area contributed by atoms with Crippen molar-refractivity contribution in [3.63, 3.8) is 0 Å². The van der Waals surface area contributed by atoms with Crippen LogP contribution in [0.3, 0.4) is 0 Å². The van der Waals surface area contributed by atoms with Crippen LogP contribution in [0.15, 0.2) is 24.3 Å². The van der Waals surface area contributed by atoms with E-state index in [1.165, 1.54) is 5.56 Å². The Morgan fingerprint density at radius 2 is 1.78 bits per heavy atom. The third-order valence-electron chi connectivity index (χ3n) is 3.18. The van der Waals surface area contributed by atoms with Gasteiger partial charge in [0.05, 0.1) is 6.61 Å². The molecule has 0 saturated heterocycles.